The van der Waals surface area contributed by atoms with Gasteiger partial charge in [0.25, 0.3) is 6.71 Å². The van der Waals surface area contributed by atoms with Gasteiger partial charge in [-0.15, -0.1) is 0 Å². The smallest absolute Gasteiger partial charge is 0.252 e. The Kier molecular flexibility index (Phi) is 9.07. The zero-order chi connectivity index (χ0) is 46.6. The molecule has 0 N–H and O–H groups in total. The summed E-state index contributed by atoms with van der Waals surface area (Å²) in [6.07, 6.45) is 2.29. The van der Waals surface area contributed by atoms with Gasteiger partial charge in [0.05, 0.1) is 5.54 Å². The molecule has 0 spiro atoms. The molecule has 0 radical (unpaired) electrons. The van der Waals surface area contributed by atoms with E-state index in [1.54, 1.807) is 0 Å². The molecule has 0 aromatic heterocycles. The Hall–Kier alpha value is -8.34. The molecule has 1 saturated carbocycles. The van der Waals surface area contributed by atoms with Crippen LogP contribution in [0.2, 0.25) is 0 Å². The summed E-state index contributed by atoms with van der Waals surface area (Å²) in [5.74, 6) is 0. The second-order valence-corrected chi connectivity index (χ2v) is 20.1. The third-order valence-corrected chi connectivity index (χ3v) is 16.5. The maximum atomic E-state index is 2.72. The largest absolute Gasteiger partial charge is 0.334 e. The summed E-state index contributed by atoms with van der Waals surface area (Å²) < 4.78 is 0. The number of benzene rings is 10. The number of hydrogen-bond donors (Lipinski definition) is 0. The Labute approximate surface area is 411 Å². The minimum Gasteiger partial charge on any atom is -0.334 e. The molecule has 1 aliphatic carbocycles. The number of fused-ring (bicyclic) bond motifs is 7. The van der Waals surface area contributed by atoms with Gasteiger partial charge in [-0.25, -0.2) is 0 Å². The van der Waals surface area contributed by atoms with E-state index >= 15 is 0 Å². The van der Waals surface area contributed by atoms with Crippen LogP contribution in [0, 0.1) is 0 Å². The zero-order valence-electron chi connectivity index (χ0n) is 39.4. The van der Waals surface area contributed by atoms with Crippen molar-refractivity contribution in [3.63, 3.8) is 0 Å². The van der Waals surface area contributed by atoms with Gasteiger partial charge in [-0.2, -0.15) is 0 Å². The van der Waals surface area contributed by atoms with Gasteiger partial charge >= 0.3 is 0 Å². The second-order valence-electron chi connectivity index (χ2n) is 20.1. The van der Waals surface area contributed by atoms with E-state index in [4.69, 9.17) is 0 Å². The van der Waals surface area contributed by atoms with E-state index in [9.17, 15) is 0 Å². The molecule has 70 heavy (non-hydrogen) atoms. The molecule has 0 saturated heterocycles. The van der Waals surface area contributed by atoms with Gasteiger partial charge in [0.1, 0.15) is 0 Å². The van der Waals surface area contributed by atoms with Crippen molar-refractivity contribution in [1.82, 2.24) is 0 Å². The molecule has 4 aliphatic rings. The molecule has 332 valence electrons. The first-order chi connectivity index (χ1) is 34.4. The van der Waals surface area contributed by atoms with E-state index in [0.717, 1.165) is 17.8 Å². The monoisotopic (exact) mass is 895 g/mol. The van der Waals surface area contributed by atoms with Crippen LogP contribution in [0.3, 0.4) is 0 Å². The molecule has 2 unspecified atom stereocenters. The Morgan fingerprint density at radius 1 is 0.329 bits per heavy atom. The molecule has 3 aliphatic heterocycles. The van der Waals surface area contributed by atoms with E-state index in [-0.39, 0.29) is 17.7 Å². The minimum atomic E-state index is -0.0958. The molecule has 1 fully saturated rings. The van der Waals surface area contributed by atoms with Gasteiger partial charge in [0.15, 0.2) is 0 Å². The van der Waals surface area contributed by atoms with Crippen LogP contribution in [-0.2, 0) is 5.41 Å². The predicted octanol–water partition coefficient (Wildman–Crippen LogP) is 15.4. The van der Waals surface area contributed by atoms with Crippen molar-refractivity contribution >= 4 is 68.6 Å². The van der Waals surface area contributed by atoms with Crippen molar-refractivity contribution in [2.24, 2.45) is 0 Å². The van der Waals surface area contributed by atoms with Crippen molar-refractivity contribution in [2.75, 3.05) is 14.7 Å². The third-order valence-electron chi connectivity index (χ3n) is 16.5. The highest BCUT2D eigenvalue weighted by atomic mass is 15.3. The maximum Gasteiger partial charge on any atom is 0.252 e. The van der Waals surface area contributed by atoms with Crippen LogP contribution in [0.15, 0.2) is 243 Å². The number of rotatable bonds is 7. The summed E-state index contributed by atoms with van der Waals surface area (Å²) in [5.41, 5.74) is 24.5. The summed E-state index contributed by atoms with van der Waals surface area (Å²) in [6, 6.07) is 90.5. The first-order valence-electron chi connectivity index (χ1n) is 24.8. The fraction of sp³-hybridized carbons (Fsp3) is 0.0909. The first-order valence-corrected chi connectivity index (χ1v) is 24.8. The van der Waals surface area contributed by atoms with Crippen LogP contribution in [-0.4, -0.2) is 12.3 Å². The fourth-order valence-electron chi connectivity index (χ4n) is 12.6. The minimum absolute atomic E-state index is 0.0353. The van der Waals surface area contributed by atoms with Gasteiger partial charge in [-0.1, -0.05) is 195 Å². The van der Waals surface area contributed by atoms with Gasteiger partial charge in [0, 0.05) is 50.9 Å². The Morgan fingerprint density at radius 2 is 0.829 bits per heavy atom. The molecule has 3 nitrogen and oxygen atoms in total. The standard InChI is InChI=1S/C66H50BN3/c1-65-38-39-66(65,2)70(59-29-16-15-28-56(59)65)55-43-62-64-63(44-55)69(54-27-17-26-50(40-54)46-20-9-4-10-21-46)61-42-52(48-24-13-6-14-25-48)32-36-57(61)67(64)58-41-51(47-22-11-5-12-23-47)33-37-60(58)68(62)53-34-30-49(31-35-53)45-18-7-3-8-19-45/h3-37,40-44H,38-39H2,1-2H3. The third kappa shape index (κ3) is 6.02. The van der Waals surface area contributed by atoms with Crippen molar-refractivity contribution in [3.05, 3.63) is 248 Å². The van der Waals surface area contributed by atoms with Gasteiger partial charge < -0.3 is 14.7 Å². The summed E-state index contributed by atoms with van der Waals surface area (Å²) in [4.78, 5) is 7.89. The van der Waals surface area contributed by atoms with E-state index in [0.29, 0.717) is 0 Å². The van der Waals surface area contributed by atoms with Crippen LogP contribution >= 0.6 is 0 Å². The van der Waals surface area contributed by atoms with Crippen LogP contribution in [0.1, 0.15) is 32.3 Å². The summed E-state index contributed by atoms with van der Waals surface area (Å²) >= 11 is 0. The number of para-hydroxylation sites is 1. The lowest BCUT2D eigenvalue weighted by atomic mass is 9.33. The molecule has 10 aromatic rings. The lowest BCUT2D eigenvalue weighted by molar-refractivity contribution is 0.133. The van der Waals surface area contributed by atoms with Crippen LogP contribution in [0.25, 0.3) is 44.5 Å². The highest BCUT2D eigenvalue weighted by Crippen LogP contribution is 2.65. The van der Waals surface area contributed by atoms with Crippen LogP contribution in [0.5, 0.6) is 0 Å². The highest BCUT2D eigenvalue weighted by Gasteiger charge is 2.63. The summed E-state index contributed by atoms with van der Waals surface area (Å²) in [5, 5.41) is 0. The van der Waals surface area contributed by atoms with Gasteiger partial charge in [-0.05, 0) is 141 Å². The lowest BCUT2D eigenvalue weighted by Crippen LogP contribution is -2.62. The van der Waals surface area contributed by atoms with E-state index in [2.05, 4.69) is 271 Å². The van der Waals surface area contributed by atoms with Crippen molar-refractivity contribution < 1.29 is 0 Å². The average molecular weight is 896 g/mol. The normalized spacial score (nSPS) is 18.0. The quantitative estimate of drug-likeness (QED) is 0.148. The molecule has 2 atom stereocenters. The topological polar surface area (TPSA) is 9.72 Å². The Balaban J connectivity index is 1.09. The molecular weight excluding hydrogens is 846 g/mol. The number of anilines is 8. The number of nitrogens with zero attached hydrogens (tertiary/aromatic N) is 3. The molecule has 10 aromatic carbocycles. The Bertz CT molecular complexity index is 3650. The highest BCUT2D eigenvalue weighted by molar-refractivity contribution is 7.00. The maximum absolute atomic E-state index is 2.72. The van der Waals surface area contributed by atoms with E-state index in [1.807, 2.05) is 0 Å². The SMILES string of the molecule is CC12CCC1(C)N(c1cc3c4c(c1)N(c1cccc(-c5ccccc5)c1)c1cc(-c5ccccc5)ccc1B4c1cc(-c4ccccc4)ccc1N3c1ccc(-c3ccccc3)cc1)c1ccccc12. The molecule has 0 amide bonds. The van der Waals surface area contributed by atoms with Crippen LogP contribution < -0.4 is 31.1 Å². The first kappa shape index (κ1) is 40.7. The van der Waals surface area contributed by atoms with Crippen molar-refractivity contribution in [1.29, 1.82) is 0 Å². The fourth-order valence-corrected chi connectivity index (χ4v) is 12.6. The van der Waals surface area contributed by atoms with E-state index in [1.165, 1.54) is 107 Å². The number of hydrogen-bond acceptors (Lipinski definition) is 3. The van der Waals surface area contributed by atoms with Crippen molar-refractivity contribution in [2.45, 2.75) is 37.6 Å². The lowest BCUT2D eigenvalue weighted by Gasteiger charge is -2.56. The summed E-state index contributed by atoms with van der Waals surface area (Å²) in [6.45, 7) is 4.95. The van der Waals surface area contributed by atoms with Crippen LogP contribution in [0.4, 0.5) is 45.5 Å². The molecule has 4 heteroatoms. The second kappa shape index (κ2) is 15.6. The van der Waals surface area contributed by atoms with Gasteiger partial charge in [-0.3, -0.25) is 0 Å². The molecule has 14 rings (SSSR count). The Morgan fingerprint density at radius 3 is 1.44 bits per heavy atom. The summed E-state index contributed by atoms with van der Waals surface area (Å²) in [7, 11) is 0. The predicted molar refractivity (Wildman–Crippen MR) is 296 cm³/mol. The average Bonchev–Trinajstić information content (AvgIpc) is 3.56. The molecule has 3 heterocycles. The molecule has 0 bridgehead atoms. The molecular formula is C66H50BN3. The van der Waals surface area contributed by atoms with E-state index < -0.39 is 0 Å². The van der Waals surface area contributed by atoms with Crippen molar-refractivity contribution in [3.8, 4) is 44.5 Å². The zero-order valence-corrected chi connectivity index (χ0v) is 39.4. The van der Waals surface area contributed by atoms with Gasteiger partial charge in [0.2, 0.25) is 0 Å².